The maximum atomic E-state index is 11.5. The van der Waals surface area contributed by atoms with Crippen molar-refractivity contribution in [2.24, 2.45) is 0 Å². The van der Waals surface area contributed by atoms with Crippen LogP contribution in [0.25, 0.3) is 5.69 Å². The van der Waals surface area contributed by atoms with E-state index < -0.39 is 29.0 Å². The van der Waals surface area contributed by atoms with Gasteiger partial charge in [-0.3, -0.25) is 4.57 Å². The number of hydrogen-bond donors (Lipinski definition) is 2. The summed E-state index contributed by atoms with van der Waals surface area (Å²) in [5.41, 5.74) is 0.363. The average Bonchev–Trinajstić information content (AvgIpc) is 3.34. The van der Waals surface area contributed by atoms with Crippen LogP contribution in [0.3, 0.4) is 0 Å². The average molecular weight is 537 g/mol. The van der Waals surface area contributed by atoms with Crippen molar-refractivity contribution in [2.45, 2.75) is 31.4 Å². The molecule has 4 rings (SSSR count). The topological polar surface area (TPSA) is 175 Å². The van der Waals surface area contributed by atoms with Crippen molar-refractivity contribution in [1.82, 2.24) is 39.4 Å². The van der Waals surface area contributed by atoms with Crippen molar-refractivity contribution >= 4 is 10.9 Å². The van der Waals surface area contributed by atoms with Crippen LogP contribution in [0.15, 0.2) is 18.7 Å². The molecule has 0 aromatic carbocycles. The minimum Gasteiger partial charge on any atom is -0.494 e. The molecule has 1 aliphatic rings. The second kappa shape index (κ2) is 12.2. The van der Waals surface area contributed by atoms with E-state index in [0.29, 0.717) is 42.1 Å². The Bertz CT molecular complexity index is 1230. The first-order chi connectivity index (χ1) is 18.0. The third-order valence-electron chi connectivity index (χ3n) is 5.76. The molecule has 1 saturated heterocycles. The van der Waals surface area contributed by atoms with Gasteiger partial charge < -0.3 is 23.7 Å². The van der Waals surface area contributed by atoms with E-state index in [0.717, 1.165) is 0 Å². The molecule has 0 aliphatic carbocycles. The first kappa shape index (κ1) is 26.6. The summed E-state index contributed by atoms with van der Waals surface area (Å²) in [5.74, 6) is 1.59. The summed E-state index contributed by atoms with van der Waals surface area (Å²) < 4.78 is 54.9. The Kier molecular flexibility index (Phi) is 8.75. The molecule has 4 heterocycles. The molecule has 0 radical (unpaired) electrons. The highest BCUT2D eigenvalue weighted by atomic mass is 32.2. The highest BCUT2D eigenvalue weighted by molar-refractivity contribution is 7.70. The van der Waals surface area contributed by atoms with Crippen LogP contribution in [0.2, 0.25) is 0 Å². The van der Waals surface area contributed by atoms with Gasteiger partial charge in [0, 0.05) is 18.4 Å². The Morgan fingerprint density at radius 1 is 1.05 bits per heavy atom. The summed E-state index contributed by atoms with van der Waals surface area (Å²) in [4.78, 5) is 17.2. The Morgan fingerprint density at radius 2 is 1.76 bits per heavy atom. The van der Waals surface area contributed by atoms with Gasteiger partial charge in [-0.1, -0.05) is 0 Å². The summed E-state index contributed by atoms with van der Waals surface area (Å²) >= 11 is 0. The Balaban J connectivity index is 1.85. The van der Waals surface area contributed by atoms with Crippen LogP contribution in [-0.4, -0.2) is 90.3 Å². The number of nitrogens with zero attached hydrogens (tertiary/aromatic N) is 7. The number of nitrogens with one attached hydrogen (secondary N) is 1. The monoisotopic (exact) mass is 536 g/mol. The predicted molar refractivity (Wildman–Crippen MR) is 128 cm³/mol. The van der Waals surface area contributed by atoms with Crippen LogP contribution in [-0.2, 0) is 26.8 Å². The number of ether oxygens (including phenoxy) is 5. The summed E-state index contributed by atoms with van der Waals surface area (Å²) in [6.07, 6.45) is 3.98. The number of thiol groups is 1. The van der Waals surface area contributed by atoms with Crippen molar-refractivity contribution in [1.29, 1.82) is 0 Å². The van der Waals surface area contributed by atoms with Crippen LogP contribution in [0.5, 0.6) is 17.5 Å². The van der Waals surface area contributed by atoms with Crippen molar-refractivity contribution in [3.8, 4) is 23.2 Å². The summed E-state index contributed by atoms with van der Waals surface area (Å²) in [7, 11) is 1.56. The quantitative estimate of drug-likeness (QED) is 0.308. The van der Waals surface area contributed by atoms with E-state index in [9.17, 15) is 8.42 Å². The van der Waals surface area contributed by atoms with Gasteiger partial charge in [-0.15, -0.1) is 10.2 Å². The number of rotatable bonds is 11. The predicted octanol–water partition coefficient (Wildman–Crippen LogP) is -0.208. The van der Waals surface area contributed by atoms with Crippen molar-refractivity contribution < 1.29 is 32.1 Å². The van der Waals surface area contributed by atoms with Gasteiger partial charge in [0.2, 0.25) is 22.7 Å². The van der Waals surface area contributed by atoms with E-state index in [1.807, 2.05) is 0 Å². The minimum absolute atomic E-state index is 0.172. The lowest BCUT2D eigenvalue weighted by Gasteiger charge is -2.25. The lowest BCUT2D eigenvalue weighted by molar-refractivity contribution is -0.0942. The molecule has 3 atom stereocenters. The highest BCUT2D eigenvalue weighted by Crippen LogP contribution is 2.34. The fraction of sp³-hybridized carbons (Fsp3) is 0.524. The number of hydrogen-bond acceptors (Lipinski definition) is 13. The zero-order valence-electron chi connectivity index (χ0n) is 20.7. The van der Waals surface area contributed by atoms with Gasteiger partial charge in [0.1, 0.15) is 24.1 Å². The molecule has 37 heavy (non-hydrogen) atoms. The molecule has 3 aromatic heterocycles. The van der Waals surface area contributed by atoms with Gasteiger partial charge in [0.15, 0.2) is 17.3 Å². The Labute approximate surface area is 214 Å². The number of methoxy groups -OCH3 is 3. The van der Waals surface area contributed by atoms with Gasteiger partial charge in [0.25, 0.3) is 0 Å². The van der Waals surface area contributed by atoms with E-state index in [2.05, 4.69) is 34.9 Å². The fourth-order valence-electron chi connectivity index (χ4n) is 3.96. The Hall–Kier alpha value is -3.47. The molecule has 16 heteroatoms. The van der Waals surface area contributed by atoms with E-state index >= 15 is 0 Å². The van der Waals surface area contributed by atoms with E-state index in [4.69, 9.17) is 23.7 Å². The minimum atomic E-state index is -2.89. The van der Waals surface area contributed by atoms with E-state index in [1.165, 1.54) is 40.1 Å². The standard InChI is InChI=1S/C21H28N8O7S/c1-12(28-37(30)31)14(18-22-8-13(32-2)9-23-18)7-16-26-27-19(15-10-35-5-6-36-15)29(16)17-20(33-3)24-11-25-21(17)34-4/h8-9,11-12,14-15,37H,5-7,10H2,1-4H3,(H,28,30,31)/t12-,14-,15+/m1/s1. The molecule has 0 unspecified atom stereocenters. The van der Waals surface area contributed by atoms with Crippen molar-refractivity contribution in [3.05, 3.63) is 36.2 Å². The van der Waals surface area contributed by atoms with Gasteiger partial charge in [-0.2, -0.15) is 9.97 Å². The number of aromatic nitrogens is 7. The largest absolute Gasteiger partial charge is 0.494 e. The second-order valence-electron chi connectivity index (χ2n) is 7.95. The summed E-state index contributed by atoms with van der Waals surface area (Å²) in [5, 5.41) is 8.83. The van der Waals surface area contributed by atoms with Gasteiger partial charge in [0.05, 0.1) is 53.5 Å². The molecule has 0 saturated carbocycles. The molecule has 15 nitrogen and oxygen atoms in total. The Morgan fingerprint density at radius 3 is 2.32 bits per heavy atom. The van der Waals surface area contributed by atoms with E-state index in [1.54, 1.807) is 11.5 Å². The van der Waals surface area contributed by atoms with Crippen LogP contribution in [0.1, 0.15) is 36.4 Å². The third-order valence-corrected chi connectivity index (χ3v) is 6.37. The zero-order valence-corrected chi connectivity index (χ0v) is 21.6. The maximum Gasteiger partial charge on any atom is 0.245 e. The molecular formula is C21H28N8O7S. The maximum absolute atomic E-state index is 11.5. The molecular weight excluding hydrogens is 508 g/mol. The molecule has 1 N–H and O–H groups in total. The fourth-order valence-corrected chi connectivity index (χ4v) is 4.47. The first-order valence-corrected chi connectivity index (χ1v) is 12.5. The smallest absolute Gasteiger partial charge is 0.245 e. The summed E-state index contributed by atoms with van der Waals surface area (Å²) in [6.45, 7) is 2.82. The van der Waals surface area contributed by atoms with Gasteiger partial charge in [-0.05, 0) is 6.92 Å². The molecule has 0 bridgehead atoms. The van der Waals surface area contributed by atoms with Crippen LogP contribution in [0, 0.1) is 0 Å². The molecule has 0 amide bonds. The SMILES string of the molecule is COc1cnc([C@H](Cc2nnc([C@@H]3COCCO3)n2-c2c(OC)ncnc2OC)[C@@H](C)N[SH](=O)=O)nc1. The highest BCUT2D eigenvalue weighted by Gasteiger charge is 2.32. The van der Waals surface area contributed by atoms with Crippen LogP contribution >= 0.6 is 0 Å². The first-order valence-electron chi connectivity index (χ1n) is 11.3. The van der Waals surface area contributed by atoms with E-state index in [-0.39, 0.29) is 24.8 Å². The molecule has 3 aromatic rings. The van der Waals surface area contributed by atoms with Crippen LogP contribution < -0.4 is 18.9 Å². The molecule has 1 aliphatic heterocycles. The summed E-state index contributed by atoms with van der Waals surface area (Å²) in [6, 6.07) is -0.590. The molecule has 1 fully saturated rings. The van der Waals surface area contributed by atoms with Gasteiger partial charge >= 0.3 is 0 Å². The van der Waals surface area contributed by atoms with Gasteiger partial charge in [-0.25, -0.2) is 23.1 Å². The zero-order chi connectivity index (χ0) is 26.4. The normalized spacial score (nSPS) is 17.4. The molecule has 0 spiro atoms. The lowest BCUT2D eigenvalue weighted by atomic mass is 9.96. The second-order valence-corrected chi connectivity index (χ2v) is 8.72. The van der Waals surface area contributed by atoms with Crippen LogP contribution in [0.4, 0.5) is 0 Å². The third kappa shape index (κ3) is 5.93. The molecule has 200 valence electrons. The lowest BCUT2D eigenvalue weighted by Crippen LogP contribution is -2.34. The van der Waals surface area contributed by atoms with Crippen molar-refractivity contribution in [3.63, 3.8) is 0 Å². The van der Waals surface area contributed by atoms with Crippen molar-refractivity contribution in [2.75, 3.05) is 41.2 Å².